The van der Waals surface area contributed by atoms with E-state index in [9.17, 15) is 4.79 Å². The molecule has 0 saturated heterocycles. The normalized spacial score (nSPS) is 10.6. The minimum Gasteiger partial charge on any atom is -0.478 e. The molecule has 5 nitrogen and oxygen atoms in total. The maximum Gasteiger partial charge on any atom is 0.335 e. The predicted molar refractivity (Wildman–Crippen MR) is 77.8 cm³/mol. The molecule has 0 atom stereocenters. The Morgan fingerprint density at radius 2 is 1.90 bits per heavy atom. The van der Waals surface area contributed by atoms with Crippen molar-refractivity contribution < 1.29 is 9.90 Å². The van der Waals surface area contributed by atoms with Crippen molar-refractivity contribution in [2.45, 2.75) is 19.8 Å². The zero-order valence-electron chi connectivity index (χ0n) is 11.1. The van der Waals surface area contributed by atoms with E-state index in [1.54, 1.807) is 12.1 Å². The third-order valence-electron chi connectivity index (χ3n) is 2.71. The van der Waals surface area contributed by atoms with Gasteiger partial charge >= 0.3 is 5.97 Å². The molecule has 6 heteroatoms. The minimum atomic E-state index is -0.955. The number of hydrogen-bond donors (Lipinski definition) is 2. The molecule has 0 fully saturated rings. The fourth-order valence-electron chi connectivity index (χ4n) is 1.64. The summed E-state index contributed by atoms with van der Waals surface area (Å²) in [7, 11) is 0. The van der Waals surface area contributed by atoms with Crippen molar-refractivity contribution in [1.29, 1.82) is 0 Å². The number of benzene rings is 1. The van der Waals surface area contributed by atoms with Crippen molar-refractivity contribution >= 4 is 29.1 Å². The molecular formula is C14H14ClN3O2. The molecule has 20 heavy (non-hydrogen) atoms. The summed E-state index contributed by atoms with van der Waals surface area (Å²) in [5.74, 6) is -0.133. The Balaban J connectivity index is 2.23. The Morgan fingerprint density at radius 1 is 1.25 bits per heavy atom. The molecule has 0 amide bonds. The van der Waals surface area contributed by atoms with Gasteiger partial charge in [-0.15, -0.1) is 0 Å². The van der Waals surface area contributed by atoms with E-state index in [0.717, 1.165) is 11.4 Å². The standard InChI is InChI=1S/C14H14ClN3O2/c1-8(2)11-7-12(18-14(15)17-11)16-10-5-3-9(4-6-10)13(19)20/h3-8H,1-2H3,(H,19,20)(H,16,17,18). The number of carboxylic acid groups (broad SMARTS) is 1. The van der Waals surface area contributed by atoms with Gasteiger partial charge in [0.25, 0.3) is 0 Å². The number of nitrogens with zero attached hydrogens (tertiary/aromatic N) is 2. The highest BCUT2D eigenvalue weighted by Gasteiger charge is 2.07. The zero-order chi connectivity index (χ0) is 14.7. The van der Waals surface area contributed by atoms with Gasteiger partial charge in [0.2, 0.25) is 5.28 Å². The van der Waals surface area contributed by atoms with Crippen LogP contribution in [-0.2, 0) is 0 Å². The molecular weight excluding hydrogens is 278 g/mol. The first-order valence-corrected chi connectivity index (χ1v) is 6.48. The number of rotatable bonds is 4. The molecule has 2 aromatic rings. The number of hydrogen-bond acceptors (Lipinski definition) is 4. The van der Waals surface area contributed by atoms with Gasteiger partial charge in [-0.1, -0.05) is 13.8 Å². The fourth-order valence-corrected chi connectivity index (χ4v) is 1.83. The monoisotopic (exact) mass is 291 g/mol. The first-order valence-electron chi connectivity index (χ1n) is 6.10. The van der Waals surface area contributed by atoms with Gasteiger partial charge in [-0.05, 0) is 41.8 Å². The average Bonchev–Trinajstić information content (AvgIpc) is 2.38. The summed E-state index contributed by atoms with van der Waals surface area (Å²) in [6.07, 6.45) is 0. The van der Waals surface area contributed by atoms with Crippen LogP contribution in [-0.4, -0.2) is 21.0 Å². The zero-order valence-corrected chi connectivity index (χ0v) is 11.8. The molecule has 1 aromatic carbocycles. The van der Waals surface area contributed by atoms with Crippen molar-refractivity contribution in [3.8, 4) is 0 Å². The second-order valence-corrected chi connectivity index (χ2v) is 4.95. The number of carbonyl (C=O) groups is 1. The molecule has 0 aliphatic rings. The van der Waals surface area contributed by atoms with E-state index in [1.165, 1.54) is 12.1 Å². The highest BCUT2D eigenvalue weighted by Crippen LogP contribution is 2.21. The van der Waals surface area contributed by atoms with Crippen LogP contribution in [0.25, 0.3) is 0 Å². The molecule has 0 radical (unpaired) electrons. The molecule has 0 aliphatic carbocycles. The van der Waals surface area contributed by atoms with Crippen molar-refractivity contribution in [3.05, 3.63) is 46.9 Å². The van der Waals surface area contributed by atoms with E-state index in [-0.39, 0.29) is 16.8 Å². The summed E-state index contributed by atoms with van der Waals surface area (Å²) < 4.78 is 0. The largest absolute Gasteiger partial charge is 0.478 e. The maximum atomic E-state index is 10.8. The lowest BCUT2D eigenvalue weighted by atomic mass is 10.1. The summed E-state index contributed by atoms with van der Waals surface area (Å²) in [5, 5.41) is 12.1. The number of aromatic nitrogens is 2. The Labute approximate surface area is 121 Å². The van der Waals surface area contributed by atoms with Crippen LogP contribution >= 0.6 is 11.6 Å². The van der Waals surface area contributed by atoms with Crippen LogP contribution in [0.15, 0.2) is 30.3 Å². The van der Waals surface area contributed by atoms with Gasteiger partial charge < -0.3 is 10.4 Å². The third kappa shape index (κ3) is 3.45. The number of aromatic carboxylic acids is 1. The highest BCUT2D eigenvalue weighted by atomic mass is 35.5. The van der Waals surface area contributed by atoms with Crippen LogP contribution in [0.5, 0.6) is 0 Å². The lowest BCUT2D eigenvalue weighted by Gasteiger charge is -2.09. The number of anilines is 2. The van der Waals surface area contributed by atoms with Gasteiger partial charge in [-0.25, -0.2) is 14.8 Å². The van der Waals surface area contributed by atoms with Crippen molar-refractivity contribution in [2.75, 3.05) is 5.32 Å². The Hall–Kier alpha value is -2.14. The molecule has 0 spiro atoms. The molecule has 0 unspecified atom stereocenters. The summed E-state index contributed by atoms with van der Waals surface area (Å²) in [6, 6.07) is 8.22. The van der Waals surface area contributed by atoms with Gasteiger partial charge in [0.15, 0.2) is 0 Å². The smallest absolute Gasteiger partial charge is 0.335 e. The molecule has 1 aromatic heterocycles. The second-order valence-electron chi connectivity index (χ2n) is 4.61. The van der Waals surface area contributed by atoms with E-state index < -0.39 is 5.97 Å². The fraction of sp³-hybridized carbons (Fsp3) is 0.214. The number of carboxylic acids is 1. The van der Waals surface area contributed by atoms with Crippen LogP contribution < -0.4 is 5.32 Å². The maximum absolute atomic E-state index is 10.8. The lowest BCUT2D eigenvalue weighted by molar-refractivity contribution is 0.0697. The molecule has 2 rings (SSSR count). The first-order chi connectivity index (χ1) is 9.45. The van der Waals surface area contributed by atoms with Gasteiger partial charge in [0.05, 0.1) is 11.3 Å². The Kier molecular flexibility index (Phi) is 4.20. The van der Waals surface area contributed by atoms with E-state index in [1.807, 2.05) is 19.9 Å². The molecule has 1 heterocycles. The van der Waals surface area contributed by atoms with Crippen LogP contribution in [0.1, 0.15) is 35.8 Å². The highest BCUT2D eigenvalue weighted by molar-refractivity contribution is 6.28. The summed E-state index contributed by atoms with van der Waals surface area (Å²) in [5.41, 5.74) is 1.81. The van der Waals surface area contributed by atoms with Gasteiger partial charge in [-0.3, -0.25) is 0 Å². The predicted octanol–water partition coefficient (Wildman–Crippen LogP) is 3.70. The van der Waals surface area contributed by atoms with Crippen molar-refractivity contribution in [3.63, 3.8) is 0 Å². The summed E-state index contributed by atoms with van der Waals surface area (Å²) >= 11 is 5.89. The molecule has 0 saturated carbocycles. The quantitative estimate of drug-likeness (QED) is 0.840. The van der Waals surface area contributed by atoms with Gasteiger partial charge in [0.1, 0.15) is 5.82 Å². The summed E-state index contributed by atoms with van der Waals surface area (Å²) in [6.45, 7) is 4.04. The van der Waals surface area contributed by atoms with Crippen molar-refractivity contribution in [1.82, 2.24) is 9.97 Å². The van der Waals surface area contributed by atoms with Crippen LogP contribution in [0, 0.1) is 0 Å². The first kappa shape index (κ1) is 14.3. The Morgan fingerprint density at radius 3 is 2.45 bits per heavy atom. The van der Waals surface area contributed by atoms with Crippen LogP contribution in [0.3, 0.4) is 0 Å². The number of halogens is 1. The van der Waals surface area contributed by atoms with E-state index in [0.29, 0.717) is 5.82 Å². The SMILES string of the molecule is CC(C)c1cc(Nc2ccc(C(=O)O)cc2)nc(Cl)n1. The second kappa shape index (κ2) is 5.88. The van der Waals surface area contributed by atoms with Gasteiger partial charge in [-0.2, -0.15) is 0 Å². The van der Waals surface area contributed by atoms with E-state index >= 15 is 0 Å². The van der Waals surface area contributed by atoms with E-state index in [4.69, 9.17) is 16.7 Å². The molecule has 2 N–H and O–H groups in total. The van der Waals surface area contributed by atoms with Crippen molar-refractivity contribution in [2.24, 2.45) is 0 Å². The Bertz CT molecular complexity index is 627. The summed E-state index contributed by atoms with van der Waals surface area (Å²) in [4.78, 5) is 19.0. The molecule has 0 bridgehead atoms. The van der Waals surface area contributed by atoms with Crippen LogP contribution in [0.2, 0.25) is 5.28 Å². The van der Waals surface area contributed by atoms with E-state index in [2.05, 4.69) is 15.3 Å². The third-order valence-corrected chi connectivity index (χ3v) is 2.88. The van der Waals surface area contributed by atoms with Gasteiger partial charge in [0, 0.05) is 11.8 Å². The lowest BCUT2D eigenvalue weighted by Crippen LogP contribution is -2.01. The molecule has 0 aliphatic heterocycles. The minimum absolute atomic E-state index is 0.181. The number of nitrogens with one attached hydrogen (secondary N) is 1. The van der Waals surface area contributed by atoms with Crippen LogP contribution in [0.4, 0.5) is 11.5 Å². The molecule has 104 valence electrons. The topological polar surface area (TPSA) is 75.1 Å². The average molecular weight is 292 g/mol.